The minimum atomic E-state index is 0.915. The van der Waals surface area contributed by atoms with E-state index in [0.29, 0.717) is 0 Å². The fourth-order valence-corrected chi connectivity index (χ4v) is 1.70. The SMILES string of the molecule is Pc1ccccc1.c1ccc(-c2ccccn2)nc1. The van der Waals surface area contributed by atoms with Gasteiger partial charge in [0.25, 0.3) is 0 Å². The minimum Gasteiger partial charge on any atom is -0.255 e. The van der Waals surface area contributed by atoms with Crippen molar-refractivity contribution in [2.24, 2.45) is 0 Å². The fraction of sp³-hybridized carbons (Fsp3) is 0. The highest BCUT2D eigenvalue weighted by Gasteiger charge is 1.95. The molecule has 94 valence electrons. The van der Waals surface area contributed by atoms with Crippen molar-refractivity contribution in [2.75, 3.05) is 0 Å². The monoisotopic (exact) mass is 266 g/mol. The molecule has 0 N–H and O–H groups in total. The van der Waals surface area contributed by atoms with Crippen molar-refractivity contribution in [1.82, 2.24) is 9.97 Å². The van der Waals surface area contributed by atoms with E-state index in [4.69, 9.17) is 0 Å². The molecule has 0 aliphatic rings. The molecule has 0 spiro atoms. The van der Waals surface area contributed by atoms with E-state index in [1.807, 2.05) is 66.7 Å². The maximum atomic E-state index is 4.19. The van der Waals surface area contributed by atoms with Gasteiger partial charge in [0, 0.05) is 12.4 Å². The lowest BCUT2D eigenvalue weighted by Crippen LogP contribution is -1.83. The van der Waals surface area contributed by atoms with Gasteiger partial charge in [0.15, 0.2) is 0 Å². The minimum absolute atomic E-state index is 0.915. The van der Waals surface area contributed by atoms with E-state index in [2.05, 4.69) is 19.2 Å². The third-order valence-corrected chi connectivity index (χ3v) is 2.78. The van der Waals surface area contributed by atoms with E-state index in [0.717, 1.165) is 11.4 Å². The third kappa shape index (κ3) is 4.61. The van der Waals surface area contributed by atoms with E-state index < -0.39 is 0 Å². The van der Waals surface area contributed by atoms with Crippen LogP contribution >= 0.6 is 9.24 Å². The number of nitrogens with zero attached hydrogens (tertiary/aromatic N) is 2. The molecule has 2 nitrogen and oxygen atoms in total. The van der Waals surface area contributed by atoms with Crippen molar-refractivity contribution in [2.45, 2.75) is 0 Å². The lowest BCUT2D eigenvalue weighted by atomic mass is 10.2. The molecule has 0 fully saturated rings. The van der Waals surface area contributed by atoms with Crippen LogP contribution in [0.15, 0.2) is 79.1 Å². The van der Waals surface area contributed by atoms with E-state index in [1.54, 1.807) is 12.4 Å². The van der Waals surface area contributed by atoms with Crippen LogP contribution in [0, 0.1) is 0 Å². The summed E-state index contributed by atoms with van der Waals surface area (Å²) in [6, 6.07) is 21.7. The summed E-state index contributed by atoms with van der Waals surface area (Å²) in [4.78, 5) is 8.37. The zero-order valence-electron chi connectivity index (χ0n) is 10.5. The van der Waals surface area contributed by atoms with Gasteiger partial charge < -0.3 is 0 Å². The van der Waals surface area contributed by atoms with Crippen LogP contribution in [-0.4, -0.2) is 9.97 Å². The molecule has 3 aromatic rings. The van der Waals surface area contributed by atoms with Gasteiger partial charge in [0.05, 0.1) is 11.4 Å². The summed E-state index contributed by atoms with van der Waals surface area (Å²) < 4.78 is 0. The van der Waals surface area contributed by atoms with Crippen molar-refractivity contribution in [3.05, 3.63) is 79.1 Å². The lowest BCUT2D eigenvalue weighted by Gasteiger charge is -1.96. The zero-order valence-corrected chi connectivity index (χ0v) is 11.6. The van der Waals surface area contributed by atoms with Gasteiger partial charge in [0.2, 0.25) is 0 Å². The first-order valence-electron chi connectivity index (χ1n) is 5.99. The van der Waals surface area contributed by atoms with Gasteiger partial charge in [-0.2, -0.15) is 0 Å². The Kier molecular flexibility index (Phi) is 5.21. The molecule has 0 bridgehead atoms. The highest BCUT2D eigenvalue weighted by atomic mass is 31.0. The highest BCUT2D eigenvalue weighted by Crippen LogP contribution is 2.10. The standard InChI is InChI=1S/C10H8N2.C6H7P/c1-3-7-11-9(5-1)10-6-2-4-8-12-10;7-6-4-2-1-3-5-6/h1-8H;1-5H,7H2. The van der Waals surface area contributed by atoms with Gasteiger partial charge in [-0.1, -0.05) is 42.5 Å². The number of hydrogen-bond acceptors (Lipinski definition) is 2. The number of pyridine rings is 2. The van der Waals surface area contributed by atoms with Crippen molar-refractivity contribution in [3.63, 3.8) is 0 Å². The molecule has 0 amide bonds. The third-order valence-electron chi connectivity index (χ3n) is 2.39. The maximum Gasteiger partial charge on any atom is 0.0886 e. The van der Waals surface area contributed by atoms with Gasteiger partial charge in [-0.3, -0.25) is 9.97 Å². The van der Waals surface area contributed by atoms with Crippen LogP contribution in [0.5, 0.6) is 0 Å². The Hall–Kier alpha value is -2.05. The number of rotatable bonds is 1. The van der Waals surface area contributed by atoms with Crippen LogP contribution in [0.3, 0.4) is 0 Å². The molecular weight excluding hydrogens is 251 g/mol. The first kappa shape index (κ1) is 13.4. The molecule has 1 aromatic carbocycles. The molecule has 0 radical (unpaired) electrons. The van der Waals surface area contributed by atoms with Crippen molar-refractivity contribution in [1.29, 1.82) is 0 Å². The van der Waals surface area contributed by atoms with Crippen LogP contribution in [-0.2, 0) is 0 Å². The normalized spacial score (nSPS) is 9.32. The molecule has 0 saturated heterocycles. The smallest absolute Gasteiger partial charge is 0.0886 e. The second-order valence-corrected chi connectivity index (χ2v) is 4.51. The van der Waals surface area contributed by atoms with Crippen LogP contribution in [0.4, 0.5) is 0 Å². The Morgan fingerprint density at radius 2 is 1.05 bits per heavy atom. The molecule has 0 saturated carbocycles. The van der Waals surface area contributed by atoms with Crippen LogP contribution < -0.4 is 5.30 Å². The molecule has 2 heterocycles. The Bertz CT molecular complexity index is 545. The zero-order chi connectivity index (χ0) is 13.3. The summed E-state index contributed by atoms with van der Waals surface area (Å²) in [5.41, 5.74) is 1.83. The van der Waals surface area contributed by atoms with Crippen molar-refractivity contribution < 1.29 is 0 Å². The van der Waals surface area contributed by atoms with Gasteiger partial charge in [0.1, 0.15) is 0 Å². The summed E-state index contributed by atoms with van der Waals surface area (Å²) in [7, 11) is 2.63. The second-order valence-electron chi connectivity index (χ2n) is 3.84. The predicted octanol–water partition coefficient (Wildman–Crippen LogP) is 3.33. The quantitative estimate of drug-likeness (QED) is 0.631. The number of aromatic nitrogens is 2. The molecule has 1 unspecified atom stereocenters. The Labute approximate surface area is 115 Å². The van der Waals surface area contributed by atoms with Gasteiger partial charge in [-0.25, -0.2) is 0 Å². The van der Waals surface area contributed by atoms with E-state index in [-0.39, 0.29) is 0 Å². The Morgan fingerprint density at radius 3 is 1.37 bits per heavy atom. The summed E-state index contributed by atoms with van der Waals surface area (Å²) in [5.74, 6) is 0. The number of benzene rings is 1. The molecule has 2 aromatic heterocycles. The topological polar surface area (TPSA) is 25.8 Å². The maximum absolute atomic E-state index is 4.19. The van der Waals surface area contributed by atoms with Gasteiger partial charge in [-0.05, 0) is 29.6 Å². The molecular formula is C16H15N2P. The van der Waals surface area contributed by atoms with Crippen molar-refractivity contribution >= 4 is 14.5 Å². The lowest BCUT2D eigenvalue weighted by molar-refractivity contribution is 1.25. The summed E-state index contributed by atoms with van der Waals surface area (Å²) in [6.45, 7) is 0. The predicted molar refractivity (Wildman–Crippen MR) is 83.3 cm³/mol. The Morgan fingerprint density at radius 1 is 0.579 bits per heavy atom. The second kappa shape index (κ2) is 7.40. The fourth-order valence-electron chi connectivity index (χ4n) is 1.48. The molecule has 3 rings (SSSR count). The number of hydrogen-bond donors (Lipinski definition) is 0. The molecule has 19 heavy (non-hydrogen) atoms. The van der Waals surface area contributed by atoms with Crippen LogP contribution in [0.25, 0.3) is 11.4 Å². The van der Waals surface area contributed by atoms with E-state index in [9.17, 15) is 0 Å². The first-order valence-corrected chi connectivity index (χ1v) is 6.57. The average Bonchev–Trinajstić information content (AvgIpc) is 2.51. The summed E-state index contributed by atoms with van der Waals surface area (Å²) >= 11 is 0. The summed E-state index contributed by atoms with van der Waals surface area (Å²) in [5, 5.41) is 1.24. The van der Waals surface area contributed by atoms with Gasteiger partial charge >= 0.3 is 0 Å². The highest BCUT2D eigenvalue weighted by molar-refractivity contribution is 7.27. The molecule has 0 aliphatic carbocycles. The largest absolute Gasteiger partial charge is 0.255 e. The summed E-state index contributed by atoms with van der Waals surface area (Å²) in [6.07, 6.45) is 3.54. The van der Waals surface area contributed by atoms with Crippen LogP contribution in [0.2, 0.25) is 0 Å². The van der Waals surface area contributed by atoms with Gasteiger partial charge in [-0.15, -0.1) is 9.24 Å². The Balaban J connectivity index is 0.000000163. The van der Waals surface area contributed by atoms with E-state index >= 15 is 0 Å². The average molecular weight is 266 g/mol. The molecule has 1 atom stereocenters. The first-order chi connectivity index (χ1) is 9.36. The van der Waals surface area contributed by atoms with Crippen LogP contribution in [0.1, 0.15) is 0 Å². The van der Waals surface area contributed by atoms with E-state index in [1.165, 1.54) is 5.30 Å². The molecule has 3 heteroatoms. The van der Waals surface area contributed by atoms with Crippen molar-refractivity contribution in [3.8, 4) is 11.4 Å². The molecule has 0 aliphatic heterocycles.